The minimum Gasteiger partial charge on any atom is -0.480 e. The molecule has 1 amide bonds. The number of nitrogens with one attached hydrogen (secondary N) is 1. The van der Waals surface area contributed by atoms with E-state index in [0.717, 1.165) is 5.56 Å². The Kier molecular flexibility index (Phi) is 4.95. The monoisotopic (exact) mass is 279 g/mol. The number of carboxylic acids is 1. The summed E-state index contributed by atoms with van der Waals surface area (Å²) in [5.41, 5.74) is 0.849. The second kappa shape index (κ2) is 6.91. The van der Waals surface area contributed by atoms with Crippen molar-refractivity contribution in [2.24, 2.45) is 5.92 Å². The summed E-state index contributed by atoms with van der Waals surface area (Å²) >= 11 is 0. The standard InChI is InChI=1S/C14H17NO5/c16-13(17)12(6-11-7-19-8-11)15-14(18)20-9-10-4-2-1-3-5-10/h1-5,11-12H,6-9H2,(H,15,18)(H,16,17). The van der Waals surface area contributed by atoms with Crippen LogP contribution in [-0.2, 0) is 20.9 Å². The van der Waals surface area contributed by atoms with Gasteiger partial charge in [-0.25, -0.2) is 9.59 Å². The number of benzene rings is 1. The molecule has 1 unspecified atom stereocenters. The Hall–Kier alpha value is -2.08. The molecule has 0 aromatic heterocycles. The molecule has 6 nitrogen and oxygen atoms in total. The van der Waals surface area contributed by atoms with Crippen molar-refractivity contribution in [2.45, 2.75) is 19.1 Å². The molecular formula is C14H17NO5. The van der Waals surface area contributed by atoms with Crippen LogP contribution in [0.15, 0.2) is 30.3 Å². The van der Waals surface area contributed by atoms with Gasteiger partial charge < -0.3 is 19.9 Å². The van der Waals surface area contributed by atoms with Gasteiger partial charge >= 0.3 is 12.1 Å². The highest BCUT2D eigenvalue weighted by atomic mass is 16.5. The average Bonchev–Trinajstić information content (AvgIpc) is 2.40. The predicted molar refractivity (Wildman–Crippen MR) is 70.1 cm³/mol. The first-order valence-electron chi connectivity index (χ1n) is 6.43. The number of rotatable bonds is 6. The Morgan fingerprint density at radius 1 is 1.35 bits per heavy atom. The van der Waals surface area contributed by atoms with Crippen LogP contribution in [-0.4, -0.2) is 36.4 Å². The maximum Gasteiger partial charge on any atom is 0.408 e. The van der Waals surface area contributed by atoms with E-state index in [1.807, 2.05) is 30.3 Å². The van der Waals surface area contributed by atoms with Gasteiger partial charge in [-0.05, 0) is 12.0 Å². The highest BCUT2D eigenvalue weighted by Crippen LogP contribution is 2.16. The quantitative estimate of drug-likeness (QED) is 0.822. The second-order valence-electron chi connectivity index (χ2n) is 4.74. The van der Waals surface area contributed by atoms with Gasteiger partial charge in [0.25, 0.3) is 0 Å². The fourth-order valence-corrected chi connectivity index (χ4v) is 1.88. The van der Waals surface area contributed by atoms with Gasteiger partial charge in [0.05, 0.1) is 13.2 Å². The Bertz CT molecular complexity index is 458. The van der Waals surface area contributed by atoms with Crippen LogP contribution in [0.5, 0.6) is 0 Å². The number of amides is 1. The smallest absolute Gasteiger partial charge is 0.408 e. The van der Waals surface area contributed by atoms with Crippen LogP contribution >= 0.6 is 0 Å². The summed E-state index contributed by atoms with van der Waals surface area (Å²) in [6.45, 7) is 1.21. The van der Waals surface area contributed by atoms with Crippen LogP contribution in [0, 0.1) is 5.92 Å². The minimum absolute atomic E-state index is 0.117. The van der Waals surface area contributed by atoms with Crippen LogP contribution in [0.3, 0.4) is 0 Å². The van der Waals surface area contributed by atoms with Crippen LogP contribution < -0.4 is 5.32 Å². The van der Waals surface area contributed by atoms with Gasteiger partial charge in [0, 0.05) is 5.92 Å². The molecule has 1 heterocycles. The Labute approximate surface area is 116 Å². The lowest BCUT2D eigenvalue weighted by atomic mass is 9.98. The van der Waals surface area contributed by atoms with Gasteiger partial charge in [-0.2, -0.15) is 0 Å². The van der Waals surface area contributed by atoms with Gasteiger partial charge in [0.2, 0.25) is 0 Å². The fourth-order valence-electron chi connectivity index (χ4n) is 1.88. The van der Waals surface area contributed by atoms with E-state index in [0.29, 0.717) is 19.6 Å². The van der Waals surface area contributed by atoms with Crippen molar-refractivity contribution in [1.29, 1.82) is 0 Å². The summed E-state index contributed by atoms with van der Waals surface area (Å²) in [4.78, 5) is 22.7. The topological polar surface area (TPSA) is 84.9 Å². The second-order valence-corrected chi connectivity index (χ2v) is 4.74. The van der Waals surface area contributed by atoms with Crippen molar-refractivity contribution in [1.82, 2.24) is 5.32 Å². The highest BCUT2D eigenvalue weighted by Gasteiger charge is 2.28. The van der Waals surface area contributed by atoms with Gasteiger partial charge in [0.15, 0.2) is 0 Å². The van der Waals surface area contributed by atoms with Crippen molar-refractivity contribution >= 4 is 12.1 Å². The zero-order valence-corrected chi connectivity index (χ0v) is 11.0. The number of carbonyl (C=O) groups excluding carboxylic acids is 1. The molecule has 0 spiro atoms. The SMILES string of the molecule is O=C(NC(CC1COC1)C(=O)O)OCc1ccccc1. The maximum absolute atomic E-state index is 11.6. The number of hydrogen-bond acceptors (Lipinski definition) is 4. The molecule has 1 aromatic rings. The molecule has 108 valence electrons. The van der Waals surface area contributed by atoms with E-state index in [-0.39, 0.29) is 12.5 Å². The van der Waals surface area contributed by atoms with Gasteiger partial charge in [0.1, 0.15) is 12.6 Å². The number of carbonyl (C=O) groups is 2. The third-order valence-corrected chi connectivity index (χ3v) is 3.08. The molecular weight excluding hydrogens is 262 g/mol. The zero-order valence-electron chi connectivity index (χ0n) is 11.0. The summed E-state index contributed by atoms with van der Waals surface area (Å²) in [7, 11) is 0. The zero-order chi connectivity index (χ0) is 14.4. The molecule has 6 heteroatoms. The van der Waals surface area contributed by atoms with Crippen molar-refractivity contribution in [3.8, 4) is 0 Å². The van der Waals surface area contributed by atoms with E-state index >= 15 is 0 Å². The Morgan fingerprint density at radius 3 is 2.60 bits per heavy atom. The van der Waals surface area contributed by atoms with Crippen molar-refractivity contribution in [3.05, 3.63) is 35.9 Å². The number of alkyl carbamates (subject to hydrolysis) is 1. The van der Waals surface area contributed by atoms with Gasteiger partial charge in [-0.1, -0.05) is 30.3 Å². The van der Waals surface area contributed by atoms with E-state index in [1.54, 1.807) is 0 Å². The molecule has 1 aliphatic rings. The highest BCUT2D eigenvalue weighted by molar-refractivity contribution is 5.79. The van der Waals surface area contributed by atoms with E-state index < -0.39 is 18.1 Å². The molecule has 0 bridgehead atoms. The van der Waals surface area contributed by atoms with Crippen LogP contribution in [0.1, 0.15) is 12.0 Å². The van der Waals surface area contributed by atoms with Gasteiger partial charge in [-0.15, -0.1) is 0 Å². The first kappa shape index (κ1) is 14.3. The fraction of sp³-hybridized carbons (Fsp3) is 0.429. The van der Waals surface area contributed by atoms with Crippen LogP contribution in [0.25, 0.3) is 0 Å². The summed E-state index contributed by atoms with van der Waals surface area (Å²) in [5.74, 6) is -0.876. The molecule has 2 N–H and O–H groups in total. The summed E-state index contributed by atoms with van der Waals surface area (Å²) in [6, 6.07) is 8.26. The third kappa shape index (κ3) is 4.24. The molecule has 1 aliphatic heterocycles. The number of aliphatic carboxylic acids is 1. The molecule has 1 aromatic carbocycles. The average molecular weight is 279 g/mol. The molecule has 0 radical (unpaired) electrons. The van der Waals surface area contributed by atoms with Crippen LogP contribution in [0.2, 0.25) is 0 Å². The van der Waals surface area contributed by atoms with Crippen molar-refractivity contribution in [2.75, 3.05) is 13.2 Å². The van der Waals surface area contributed by atoms with Gasteiger partial charge in [-0.3, -0.25) is 0 Å². The molecule has 0 aliphatic carbocycles. The number of ether oxygens (including phenoxy) is 2. The molecule has 20 heavy (non-hydrogen) atoms. The molecule has 0 saturated carbocycles. The normalized spacial score (nSPS) is 16.0. The summed E-state index contributed by atoms with van der Waals surface area (Å²) in [5, 5.41) is 11.4. The van der Waals surface area contributed by atoms with Crippen molar-refractivity contribution in [3.63, 3.8) is 0 Å². The first-order chi connectivity index (χ1) is 9.65. The largest absolute Gasteiger partial charge is 0.480 e. The van der Waals surface area contributed by atoms with E-state index in [2.05, 4.69) is 5.32 Å². The number of carboxylic acid groups (broad SMARTS) is 1. The lowest BCUT2D eigenvalue weighted by Crippen LogP contribution is -2.45. The lowest BCUT2D eigenvalue weighted by Gasteiger charge is -2.28. The summed E-state index contributed by atoms with van der Waals surface area (Å²) < 4.78 is 9.99. The van der Waals surface area contributed by atoms with E-state index in [4.69, 9.17) is 14.6 Å². The molecule has 1 saturated heterocycles. The predicted octanol–water partition coefficient (Wildman–Crippen LogP) is 1.40. The third-order valence-electron chi connectivity index (χ3n) is 3.08. The number of hydrogen-bond donors (Lipinski definition) is 2. The van der Waals surface area contributed by atoms with Crippen molar-refractivity contribution < 1.29 is 24.2 Å². The maximum atomic E-state index is 11.6. The molecule has 2 rings (SSSR count). The van der Waals surface area contributed by atoms with Crippen LogP contribution in [0.4, 0.5) is 4.79 Å². The molecule has 1 atom stereocenters. The lowest BCUT2D eigenvalue weighted by molar-refractivity contribution is -0.141. The minimum atomic E-state index is -1.06. The Balaban J connectivity index is 1.77. The summed E-state index contributed by atoms with van der Waals surface area (Å²) in [6.07, 6.45) is -0.364. The first-order valence-corrected chi connectivity index (χ1v) is 6.43. The van der Waals surface area contributed by atoms with E-state index in [9.17, 15) is 9.59 Å². The molecule has 1 fully saturated rings. The van der Waals surface area contributed by atoms with E-state index in [1.165, 1.54) is 0 Å². The Morgan fingerprint density at radius 2 is 2.05 bits per heavy atom.